The van der Waals surface area contributed by atoms with Crippen LogP contribution in [0.4, 0.5) is 13.2 Å². The Kier molecular flexibility index (Phi) is 31.3. The Hall–Kier alpha value is -7.67. The van der Waals surface area contributed by atoms with E-state index in [-0.39, 0.29) is 140 Å². The molecule has 614 valence electrons. The third-order valence-corrected chi connectivity index (χ3v) is 24.6. The molecule has 4 aliphatic heterocycles. The Morgan fingerprint density at radius 1 is 0.627 bits per heavy atom. The van der Waals surface area contributed by atoms with Crippen molar-refractivity contribution in [3.8, 4) is 0 Å². The van der Waals surface area contributed by atoms with Gasteiger partial charge < -0.3 is 74.4 Å². The largest absolute Gasteiger partial charge is 0.417 e. The van der Waals surface area contributed by atoms with Crippen LogP contribution in [-0.2, 0) is 84.4 Å². The molecular weight excluding hydrogens is 1450 g/mol. The van der Waals surface area contributed by atoms with Crippen molar-refractivity contribution < 1.29 is 85.0 Å². The van der Waals surface area contributed by atoms with Crippen LogP contribution in [0.5, 0.6) is 0 Å². The van der Waals surface area contributed by atoms with Crippen molar-refractivity contribution in [2.24, 2.45) is 23.7 Å². The maximum atomic E-state index is 16.0. The van der Waals surface area contributed by atoms with Crippen LogP contribution in [0.2, 0.25) is 5.02 Å². The summed E-state index contributed by atoms with van der Waals surface area (Å²) in [5, 5.41) is 8.10. The van der Waals surface area contributed by atoms with Crippen LogP contribution < -0.4 is 16.0 Å². The Bertz CT molecular complexity index is 3470. The monoisotopic (exact) mass is 1570 g/mol. The summed E-state index contributed by atoms with van der Waals surface area (Å²) < 4.78 is 53.3. The summed E-state index contributed by atoms with van der Waals surface area (Å²) in [6.07, 6.45) is 1.92. The molecule has 1 aromatic rings. The minimum absolute atomic E-state index is 0.0166. The highest BCUT2D eigenvalue weighted by molar-refractivity contribution is 6.31. The predicted octanol–water partition coefficient (Wildman–Crippen LogP) is 4.89. The average molecular weight is 1570 g/mol. The molecule has 3 saturated carbocycles. The van der Waals surface area contributed by atoms with Crippen molar-refractivity contribution in [2.45, 2.75) is 242 Å². The number of benzene rings is 1. The third kappa shape index (κ3) is 21.3. The first-order valence-electron chi connectivity index (χ1n) is 39.7. The number of halogens is 4. The lowest BCUT2D eigenvalue weighted by Gasteiger charge is -2.45. The van der Waals surface area contributed by atoms with Crippen molar-refractivity contribution in [1.29, 1.82) is 0 Å². The van der Waals surface area contributed by atoms with Crippen LogP contribution >= 0.6 is 11.6 Å². The Morgan fingerprint density at radius 3 is 1.80 bits per heavy atom. The molecule has 7 aliphatic rings. The zero-order valence-electron chi connectivity index (χ0n) is 66.5. The molecule has 3 N–H and O–H groups in total. The van der Waals surface area contributed by atoms with E-state index in [0.29, 0.717) is 44.9 Å². The minimum atomic E-state index is -4.81. The minimum Gasteiger partial charge on any atom is -0.378 e. The zero-order chi connectivity index (χ0) is 80.8. The molecule has 0 aromatic heterocycles. The quantitative estimate of drug-likeness (QED) is 0.223. The van der Waals surface area contributed by atoms with Crippen molar-refractivity contribution in [2.75, 3.05) is 115 Å². The maximum absolute atomic E-state index is 16.0. The Balaban J connectivity index is 1.22. The number of aryl methyl sites for hydroxylation is 1. The van der Waals surface area contributed by atoms with Crippen molar-refractivity contribution in [3.63, 3.8) is 0 Å². The highest BCUT2D eigenvalue weighted by Gasteiger charge is 2.52. The van der Waals surface area contributed by atoms with Gasteiger partial charge in [0.2, 0.25) is 76.8 Å². The van der Waals surface area contributed by atoms with Gasteiger partial charge in [0.25, 0.3) is 0 Å². The molecule has 110 heavy (non-hydrogen) atoms. The van der Waals surface area contributed by atoms with Gasteiger partial charge in [-0.3, -0.25) is 62.3 Å². The van der Waals surface area contributed by atoms with Crippen LogP contribution in [0.3, 0.4) is 0 Å². The van der Waals surface area contributed by atoms with Gasteiger partial charge in [-0.2, -0.15) is 13.2 Å². The van der Waals surface area contributed by atoms with Crippen LogP contribution in [0, 0.1) is 23.7 Å². The third-order valence-electron chi connectivity index (χ3n) is 24.3. The van der Waals surface area contributed by atoms with Gasteiger partial charge in [-0.25, -0.2) is 0 Å². The molecule has 8 rings (SSSR count). The van der Waals surface area contributed by atoms with Gasteiger partial charge in [0.1, 0.15) is 59.9 Å². The van der Waals surface area contributed by atoms with Gasteiger partial charge in [-0.05, 0) is 112 Å². The summed E-state index contributed by atoms with van der Waals surface area (Å²) in [6, 6.07) is -8.76. The standard InChI is InChI=1S/C78H119ClF3N13O15/c1-13-49(4)65-74(106)87(7)50(5)69(101)95-34-31-58(95)72(104)90(10)60(45-51-21-15-14-16-22-51)71(103)86(6)47-62(96)83-56(28-26-52-25-27-54(55(79)44-52)78(80,81)82)70(102)89(9)57(29-30-63(97)93-35-39-109-40-36-93)68(100)85-77(32-19-20-33-77)76(108)92(12)66(53-23-17-18-24-53)75(107)91(11)61(73(105)94-37-41-110-42-38-94)46-64(98)88(8)59(43-48(2)3)67(99)84-65/h25,27,44,48-51,53,56-61,65-66H,13-24,26,28-43,45-47H2,1-12H3,(H,83,96)(H,84,99)(H,85,100)/t49-,50-,56-,57-,58-,59-,60-,61-,65-,66-/m0/s1. The van der Waals surface area contributed by atoms with Crippen LogP contribution in [0.25, 0.3) is 0 Å². The smallest absolute Gasteiger partial charge is 0.378 e. The molecule has 7 fully saturated rings. The molecule has 0 unspecified atom stereocenters. The maximum Gasteiger partial charge on any atom is 0.417 e. The first-order valence-corrected chi connectivity index (χ1v) is 40.0. The van der Waals surface area contributed by atoms with Crippen molar-refractivity contribution in [3.05, 3.63) is 34.3 Å². The van der Waals surface area contributed by atoms with Crippen LogP contribution in [0.1, 0.15) is 181 Å². The Labute approximate surface area is 650 Å². The summed E-state index contributed by atoms with van der Waals surface area (Å²) in [7, 11) is 9.83. The molecule has 0 bridgehead atoms. The molecule has 3 aliphatic carbocycles. The first kappa shape index (κ1) is 87.9. The summed E-state index contributed by atoms with van der Waals surface area (Å²) in [5.41, 5.74) is -2.60. The molecule has 1 aromatic carbocycles. The molecule has 4 heterocycles. The Morgan fingerprint density at radius 2 is 1.23 bits per heavy atom. The number of hydrogen-bond acceptors (Lipinski definition) is 15. The number of alkyl halides is 3. The molecule has 28 nitrogen and oxygen atoms in total. The lowest BCUT2D eigenvalue weighted by atomic mass is 9.84. The lowest BCUT2D eigenvalue weighted by Crippen LogP contribution is -2.65. The number of fused-ring (bicyclic) bond motifs is 1. The number of amides is 13. The number of nitrogens with one attached hydrogen (secondary N) is 3. The molecule has 10 atom stereocenters. The number of morpholine rings is 2. The van der Waals surface area contributed by atoms with Gasteiger partial charge in [0.15, 0.2) is 0 Å². The van der Waals surface area contributed by atoms with E-state index in [1.165, 1.54) is 96.6 Å². The topological polar surface area (TPSA) is 309 Å². The van der Waals surface area contributed by atoms with E-state index in [1.54, 1.807) is 11.8 Å². The van der Waals surface area contributed by atoms with E-state index in [2.05, 4.69) is 16.0 Å². The molecule has 4 saturated heterocycles. The summed E-state index contributed by atoms with van der Waals surface area (Å²) in [5.74, 6) is -10.0. The number of rotatable bonds is 14. The number of nitrogens with zero attached hydrogens (tertiary/aromatic N) is 10. The van der Waals surface area contributed by atoms with Gasteiger partial charge in [-0.15, -0.1) is 0 Å². The second-order valence-corrected chi connectivity index (χ2v) is 32.5. The number of ether oxygens (including phenoxy) is 2. The second-order valence-electron chi connectivity index (χ2n) is 32.1. The number of carbonyl (C=O) groups excluding carboxylic acids is 13. The highest BCUT2D eigenvalue weighted by atomic mass is 35.5. The summed E-state index contributed by atoms with van der Waals surface area (Å²) >= 11 is 6.22. The van der Waals surface area contributed by atoms with E-state index in [0.717, 1.165) is 54.0 Å². The van der Waals surface area contributed by atoms with Gasteiger partial charge in [0.05, 0.1) is 50.0 Å². The second kappa shape index (κ2) is 39.2. The lowest BCUT2D eigenvalue weighted by molar-refractivity contribution is -0.160. The van der Waals surface area contributed by atoms with Crippen LogP contribution in [0.15, 0.2) is 18.2 Å². The fourth-order valence-electron chi connectivity index (χ4n) is 16.9. The van der Waals surface area contributed by atoms with E-state index in [1.807, 2.05) is 20.8 Å². The number of hydrogen-bond donors (Lipinski definition) is 3. The molecule has 32 heteroatoms. The first-order chi connectivity index (χ1) is 52.0. The fourth-order valence-corrected chi connectivity index (χ4v) is 17.2. The predicted molar refractivity (Wildman–Crippen MR) is 401 cm³/mol. The molecule has 0 radical (unpaired) electrons. The SMILES string of the molecule is CC[C@H](C)[C@@H]1NC(=O)[C@H](CC(C)C)N(C)C(=O)C[C@@H](C(=O)N2CCOCC2)N(C)C(=O)[C@H](C2CCCC2)N(C)C(=O)C2(CCCC2)NC(=O)[C@H](CCC(=O)N2CCOCC2)N(C)C(=O)[C@H](CCc2ccc(C(F)(F)F)c(Cl)c2)NC(=O)CN(C)C(=O)[C@H](CC2CCCCC2)N(C)C(=O)[C@@H]2CCN2C(=O)[C@H](C)N(C)C1=O. The summed E-state index contributed by atoms with van der Waals surface area (Å²) in [6.45, 7) is 9.82. The van der Waals surface area contributed by atoms with Gasteiger partial charge >= 0.3 is 6.18 Å². The zero-order valence-corrected chi connectivity index (χ0v) is 67.2. The number of likely N-dealkylation sites (N-methyl/N-ethyl adjacent to an activating group) is 7. The van der Waals surface area contributed by atoms with Crippen molar-refractivity contribution in [1.82, 2.24) is 64.9 Å². The van der Waals surface area contributed by atoms with Crippen LogP contribution in [-0.4, -0.2) is 301 Å². The summed E-state index contributed by atoms with van der Waals surface area (Å²) in [4.78, 5) is 210. The van der Waals surface area contributed by atoms with E-state index in [9.17, 15) is 37.1 Å². The van der Waals surface area contributed by atoms with E-state index in [4.69, 9.17) is 21.1 Å². The van der Waals surface area contributed by atoms with Gasteiger partial charge in [0, 0.05) is 88.5 Å². The van der Waals surface area contributed by atoms with E-state index < -0.39 is 172 Å². The molecule has 1 spiro atoms. The molecule has 13 amide bonds. The van der Waals surface area contributed by atoms with Gasteiger partial charge in [-0.1, -0.05) is 110 Å². The fraction of sp³-hybridized carbons (Fsp3) is 0.756. The normalized spacial score (nSPS) is 27.5. The average Bonchev–Trinajstić information content (AvgIpc) is 1.36. The highest BCUT2D eigenvalue weighted by Crippen LogP contribution is 2.39. The van der Waals surface area contributed by atoms with Crippen molar-refractivity contribution >= 4 is 88.4 Å². The molecular formula is C78H119ClF3N13O15. The van der Waals surface area contributed by atoms with E-state index >= 15 is 38.4 Å². The number of carbonyl (C=O) groups is 13.